The molecule has 0 saturated carbocycles. The van der Waals surface area contributed by atoms with Crippen LogP contribution in [0.2, 0.25) is 0 Å². The molecule has 0 saturated heterocycles. The molecule has 77 heavy (non-hydrogen) atoms. The molecule has 7 aromatic rings. The van der Waals surface area contributed by atoms with Crippen molar-refractivity contribution in [3.05, 3.63) is 135 Å². The Morgan fingerprint density at radius 3 is 1.56 bits per heavy atom. The number of aryl methyl sites for hydroxylation is 1. The predicted octanol–water partition coefficient (Wildman–Crippen LogP) is 19.6. The summed E-state index contributed by atoms with van der Waals surface area (Å²) in [6, 6.07) is 34.9. The molecule has 1 radical (unpaired) electrons. The Bertz CT molecular complexity index is 3570. The average Bonchev–Trinajstić information content (AvgIpc) is 3.82. The van der Waals surface area contributed by atoms with Crippen molar-refractivity contribution >= 4 is 68.6 Å². The third-order valence-electron chi connectivity index (χ3n) is 21.2. The van der Waals surface area contributed by atoms with Crippen molar-refractivity contribution in [3.8, 4) is 11.1 Å². The molecule has 0 atom stereocenters. The number of benzene rings is 6. The fourth-order valence-corrected chi connectivity index (χ4v) is 15.3. The first-order chi connectivity index (χ1) is 36.0. The van der Waals surface area contributed by atoms with Gasteiger partial charge in [0.2, 0.25) is 0 Å². The Kier molecular flexibility index (Phi) is 11.9. The number of fused-ring (bicyclic) bond motifs is 9. The van der Waals surface area contributed by atoms with E-state index in [2.05, 4.69) is 220 Å². The zero-order valence-electron chi connectivity index (χ0n) is 50.5. The zero-order valence-corrected chi connectivity index (χ0v) is 50.5. The number of rotatable bonds is 8. The lowest BCUT2D eigenvalue weighted by Gasteiger charge is -2.45. The highest BCUT2D eigenvalue weighted by Gasteiger charge is 2.43. The van der Waals surface area contributed by atoms with Crippen LogP contribution in [0, 0.1) is 0 Å². The number of anilines is 5. The van der Waals surface area contributed by atoms with Crippen molar-refractivity contribution in [1.82, 2.24) is 0 Å². The smallest absolute Gasteiger partial charge is 0.197 e. The Hall–Kier alpha value is -5.22. The van der Waals surface area contributed by atoms with Crippen molar-refractivity contribution < 1.29 is 4.42 Å². The molecule has 401 valence electrons. The summed E-state index contributed by atoms with van der Waals surface area (Å²) < 4.78 is 7.57. The van der Waals surface area contributed by atoms with E-state index in [1.807, 2.05) is 0 Å². The minimum atomic E-state index is 0.0592. The normalized spacial score (nSPS) is 21.2. The van der Waals surface area contributed by atoms with E-state index >= 15 is 0 Å². The van der Waals surface area contributed by atoms with Gasteiger partial charge in [-0.2, -0.15) is 0 Å². The van der Waals surface area contributed by atoms with Crippen molar-refractivity contribution in [2.24, 2.45) is 0 Å². The molecule has 0 amide bonds. The maximum absolute atomic E-state index is 7.57. The molecule has 1 N–H and O–H groups in total. The maximum atomic E-state index is 7.57. The van der Waals surface area contributed by atoms with Gasteiger partial charge in [-0.05, 0) is 229 Å². The van der Waals surface area contributed by atoms with Crippen LogP contribution in [0.4, 0.5) is 28.4 Å². The van der Waals surface area contributed by atoms with Crippen molar-refractivity contribution in [2.45, 2.75) is 238 Å². The van der Waals surface area contributed by atoms with Crippen molar-refractivity contribution in [3.63, 3.8) is 0 Å². The Labute approximate surface area is 465 Å². The number of furan rings is 1. The Morgan fingerprint density at radius 1 is 0.468 bits per heavy atom. The van der Waals surface area contributed by atoms with E-state index in [0.717, 1.165) is 47.4 Å². The van der Waals surface area contributed by atoms with E-state index in [1.165, 1.54) is 152 Å². The van der Waals surface area contributed by atoms with E-state index < -0.39 is 0 Å². The van der Waals surface area contributed by atoms with Crippen LogP contribution < -0.4 is 21.1 Å². The molecule has 1 aromatic heterocycles. The molecule has 1 aliphatic heterocycles. The number of unbranched alkanes of at least 4 members (excludes halogenated alkanes) is 2. The van der Waals surface area contributed by atoms with Gasteiger partial charge in [0.25, 0.3) is 0 Å². The second-order valence-corrected chi connectivity index (χ2v) is 30.5. The highest BCUT2D eigenvalue weighted by atomic mass is 16.3. The fraction of sp³-hybridized carbons (Fsp3) is 0.507. The topological polar surface area (TPSA) is 28.4 Å². The van der Waals surface area contributed by atoms with Gasteiger partial charge in [-0.15, -0.1) is 0 Å². The van der Waals surface area contributed by atoms with Crippen LogP contribution in [0.5, 0.6) is 0 Å². The van der Waals surface area contributed by atoms with Crippen molar-refractivity contribution in [2.75, 3.05) is 10.2 Å². The molecule has 4 heteroatoms. The lowest BCUT2D eigenvalue weighted by molar-refractivity contribution is 0.332. The minimum absolute atomic E-state index is 0.0592. The van der Waals surface area contributed by atoms with E-state index in [1.54, 1.807) is 0 Å². The molecule has 6 aromatic carbocycles. The summed E-state index contributed by atoms with van der Waals surface area (Å²) in [7, 11) is 2.58. The first-order valence-corrected chi connectivity index (χ1v) is 30.1. The molecule has 5 aliphatic rings. The van der Waals surface area contributed by atoms with Gasteiger partial charge in [0.15, 0.2) is 7.28 Å². The van der Waals surface area contributed by atoms with Gasteiger partial charge in [0, 0.05) is 39.1 Å². The molecule has 12 rings (SSSR count). The number of hydrogen-bond donors (Lipinski definition) is 1. The van der Waals surface area contributed by atoms with Crippen LogP contribution in [-0.2, 0) is 49.7 Å². The Balaban J connectivity index is 1.17. The van der Waals surface area contributed by atoms with Crippen LogP contribution in [0.3, 0.4) is 0 Å². The molecule has 2 heterocycles. The number of hydrogen-bond acceptors (Lipinski definition) is 3. The minimum Gasteiger partial charge on any atom is -0.455 e. The summed E-state index contributed by atoms with van der Waals surface area (Å²) in [5.41, 5.74) is 26.8. The van der Waals surface area contributed by atoms with Gasteiger partial charge in [-0.1, -0.05) is 160 Å². The molecule has 3 nitrogen and oxygen atoms in total. The van der Waals surface area contributed by atoms with E-state index in [9.17, 15) is 0 Å². The molecule has 0 fully saturated rings. The maximum Gasteiger partial charge on any atom is 0.197 e. The van der Waals surface area contributed by atoms with Crippen LogP contribution in [0.1, 0.15) is 238 Å². The monoisotopic (exact) mass is 1020 g/mol. The lowest BCUT2D eigenvalue weighted by Crippen LogP contribution is -2.44. The number of nitrogens with one attached hydrogen (secondary N) is 1. The third-order valence-corrected chi connectivity index (χ3v) is 21.2. The standard InChI is InChI=1S/C73H90BN2O/c1-18-19-20-21-44-36-49(64-61(37-44)76(46-23-26-51-53(39-46)69(8,9)31-29-67(51,4)5)60-42-56-55(41-58(60)74-64)71(12,13)33-34-72(56,14)15)63-59(75-45-22-25-50-52(38-45)68(6,7)30-28-66(50,2)3)27-24-47-48-40-54-57(43-62(48)77-65(47)63)73(16,17)35-32-70(54,10)11/h22-27,36-43,75H,18-21,28-35H2,1-17H3. The molecular weight excluding hydrogens is 932 g/mol. The van der Waals surface area contributed by atoms with Crippen molar-refractivity contribution in [1.29, 1.82) is 0 Å². The SMILES string of the molecule is CCCCCc1cc(-c2c(Nc3ccc4c(c3)C(C)(C)CCC4(C)C)ccc3c2oc2cc4c(cc23)C(C)(C)CCC4(C)C)c2c(c1)N(c1ccc3c(c1)C(C)(C)CCC3(C)C)c1cc3c(cc1[B]2)C(C)(C)CCC3(C)C. The average molecular weight is 1020 g/mol. The largest absolute Gasteiger partial charge is 0.455 e. The summed E-state index contributed by atoms with van der Waals surface area (Å²) in [5.74, 6) is 0. The molecule has 0 unspecified atom stereocenters. The quantitative estimate of drug-likeness (QED) is 0.121. The Morgan fingerprint density at radius 2 is 0.974 bits per heavy atom. The third kappa shape index (κ3) is 8.48. The number of nitrogens with zero attached hydrogens (tertiary/aromatic N) is 1. The van der Waals surface area contributed by atoms with Gasteiger partial charge >= 0.3 is 0 Å². The van der Waals surface area contributed by atoms with Gasteiger partial charge in [-0.25, -0.2) is 0 Å². The van der Waals surface area contributed by atoms with E-state index in [-0.39, 0.29) is 43.3 Å². The second-order valence-electron chi connectivity index (χ2n) is 30.5. The van der Waals surface area contributed by atoms with E-state index in [0.29, 0.717) is 0 Å². The van der Waals surface area contributed by atoms with Gasteiger partial charge < -0.3 is 14.6 Å². The van der Waals surface area contributed by atoms with Crippen LogP contribution >= 0.6 is 0 Å². The lowest BCUT2D eigenvalue weighted by atomic mass is 9.55. The van der Waals surface area contributed by atoms with Crippen LogP contribution in [0.15, 0.2) is 89.3 Å². The van der Waals surface area contributed by atoms with Gasteiger partial charge in [-0.3, -0.25) is 0 Å². The summed E-state index contributed by atoms with van der Waals surface area (Å²) in [4.78, 5) is 2.70. The van der Waals surface area contributed by atoms with Gasteiger partial charge in [0.1, 0.15) is 11.2 Å². The zero-order chi connectivity index (χ0) is 54.8. The highest BCUT2D eigenvalue weighted by Crippen LogP contribution is 2.54. The molecular formula is C73H90BN2O. The highest BCUT2D eigenvalue weighted by molar-refractivity contribution is 6.73. The van der Waals surface area contributed by atoms with Crippen LogP contribution in [-0.4, -0.2) is 7.28 Å². The summed E-state index contributed by atoms with van der Waals surface area (Å²) >= 11 is 0. The summed E-state index contributed by atoms with van der Waals surface area (Å²) in [5, 5.41) is 6.57. The predicted molar refractivity (Wildman–Crippen MR) is 333 cm³/mol. The molecule has 0 bridgehead atoms. The summed E-state index contributed by atoms with van der Waals surface area (Å²) in [6.45, 7) is 41.6. The second kappa shape index (κ2) is 17.4. The molecule has 0 spiro atoms. The van der Waals surface area contributed by atoms with E-state index in [4.69, 9.17) is 4.42 Å². The first kappa shape index (κ1) is 52.5. The molecule has 4 aliphatic carbocycles. The summed E-state index contributed by atoms with van der Waals surface area (Å²) in [6.07, 6.45) is 14.0. The fourth-order valence-electron chi connectivity index (χ4n) is 15.3. The van der Waals surface area contributed by atoms with Gasteiger partial charge in [0.05, 0.1) is 5.69 Å². The van der Waals surface area contributed by atoms with Crippen LogP contribution in [0.25, 0.3) is 33.1 Å². The first-order valence-electron chi connectivity index (χ1n) is 30.1.